The Labute approximate surface area is 119 Å². The van der Waals surface area contributed by atoms with Gasteiger partial charge in [-0.1, -0.05) is 13.8 Å². The molecular formula is C11H25NO7S. The predicted octanol–water partition coefficient (Wildman–Crippen LogP) is -1.75. The maximum Gasteiger partial charge on any atom is 0.294 e. The van der Waals surface area contributed by atoms with Crippen molar-refractivity contribution >= 4 is 10.1 Å². The van der Waals surface area contributed by atoms with E-state index in [9.17, 15) is 23.7 Å². The minimum atomic E-state index is -4.76. The Balaban J connectivity index is 4.82. The van der Waals surface area contributed by atoms with Gasteiger partial charge in [0.1, 0.15) is 6.10 Å². The van der Waals surface area contributed by atoms with Gasteiger partial charge in [-0.25, -0.2) is 0 Å². The number of aliphatic hydroxyl groups is 4. The van der Waals surface area contributed by atoms with Crippen molar-refractivity contribution in [1.29, 1.82) is 0 Å². The van der Waals surface area contributed by atoms with Crippen LogP contribution < -0.4 is 0 Å². The van der Waals surface area contributed by atoms with Gasteiger partial charge in [-0.05, 0) is 12.3 Å². The van der Waals surface area contributed by atoms with E-state index in [0.29, 0.717) is 6.42 Å². The van der Waals surface area contributed by atoms with E-state index < -0.39 is 21.7 Å². The van der Waals surface area contributed by atoms with Crippen LogP contribution in [-0.4, -0.2) is 82.2 Å². The molecule has 0 rings (SSSR count). The van der Waals surface area contributed by atoms with Crippen molar-refractivity contribution in [3.05, 3.63) is 0 Å². The minimum Gasteiger partial charge on any atom is -0.395 e. The Morgan fingerprint density at radius 2 is 1.70 bits per heavy atom. The van der Waals surface area contributed by atoms with Crippen molar-refractivity contribution in [1.82, 2.24) is 4.90 Å². The van der Waals surface area contributed by atoms with Crippen LogP contribution >= 0.6 is 0 Å². The Bertz CT molecular complexity index is 360. The maximum absolute atomic E-state index is 10.8. The van der Waals surface area contributed by atoms with Crippen molar-refractivity contribution in [2.75, 3.05) is 26.3 Å². The van der Waals surface area contributed by atoms with Gasteiger partial charge in [-0.3, -0.25) is 9.45 Å². The summed E-state index contributed by atoms with van der Waals surface area (Å²) in [6.45, 7) is 3.20. The summed E-state index contributed by atoms with van der Waals surface area (Å²) in [5.41, 5.74) is -2.32. The second-order valence-corrected chi connectivity index (χ2v) is 6.67. The van der Waals surface area contributed by atoms with E-state index in [1.807, 2.05) is 13.8 Å². The van der Waals surface area contributed by atoms with Gasteiger partial charge >= 0.3 is 0 Å². The molecule has 0 aromatic rings. The van der Waals surface area contributed by atoms with Gasteiger partial charge in [0.2, 0.25) is 5.44 Å². The van der Waals surface area contributed by atoms with E-state index in [4.69, 9.17) is 9.66 Å². The second-order valence-electron chi connectivity index (χ2n) is 5.16. The monoisotopic (exact) mass is 315 g/mol. The summed E-state index contributed by atoms with van der Waals surface area (Å²) in [6.07, 6.45) is -1.16. The molecule has 0 aliphatic carbocycles. The molecule has 0 heterocycles. The average molecular weight is 315 g/mol. The Hall–Kier alpha value is -0.290. The lowest BCUT2D eigenvalue weighted by Gasteiger charge is -2.33. The third-order valence-electron chi connectivity index (χ3n) is 2.91. The fourth-order valence-corrected chi connectivity index (χ4v) is 2.45. The van der Waals surface area contributed by atoms with E-state index in [0.717, 1.165) is 0 Å². The molecule has 3 atom stereocenters. The van der Waals surface area contributed by atoms with Crippen LogP contribution in [0.3, 0.4) is 0 Å². The standard InChI is InChI=1S/C11H25NO7S/c1-8(2)5-9(7-14)12(3-4-13)6-10(15)11(16)20(17,18)19/h8-11,13-16H,3-7H2,1-2H3,(H,17,18,19). The number of nitrogens with zero attached hydrogens (tertiary/aromatic N) is 1. The molecule has 20 heavy (non-hydrogen) atoms. The first-order valence-corrected chi connectivity index (χ1v) is 7.92. The molecule has 0 aliphatic heterocycles. The molecule has 0 aliphatic rings. The molecule has 0 aromatic heterocycles. The van der Waals surface area contributed by atoms with E-state index >= 15 is 0 Å². The van der Waals surface area contributed by atoms with E-state index in [1.165, 1.54) is 4.90 Å². The summed E-state index contributed by atoms with van der Waals surface area (Å²) in [4.78, 5) is 1.49. The van der Waals surface area contributed by atoms with Crippen LogP contribution in [0, 0.1) is 5.92 Å². The van der Waals surface area contributed by atoms with Gasteiger partial charge in [0.05, 0.1) is 13.2 Å². The Kier molecular flexibility index (Phi) is 8.75. The van der Waals surface area contributed by atoms with Crippen molar-refractivity contribution in [2.45, 2.75) is 37.9 Å². The minimum absolute atomic E-state index is 0.104. The van der Waals surface area contributed by atoms with Gasteiger partial charge in [0, 0.05) is 19.1 Å². The van der Waals surface area contributed by atoms with Crippen LogP contribution in [0.5, 0.6) is 0 Å². The third kappa shape index (κ3) is 6.93. The van der Waals surface area contributed by atoms with Gasteiger partial charge in [-0.15, -0.1) is 0 Å². The molecule has 0 bridgehead atoms. The zero-order valence-corrected chi connectivity index (χ0v) is 12.6. The van der Waals surface area contributed by atoms with Crippen molar-refractivity contribution in [3.8, 4) is 0 Å². The van der Waals surface area contributed by atoms with Crippen LogP contribution in [0.4, 0.5) is 0 Å². The van der Waals surface area contributed by atoms with Crippen molar-refractivity contribution in [3.63, 3.8) is 0 Å². The summed E-state index contributed by atoms with van der Waals surface area (Å²) in [5.74, 6) is 0.247. The normalized spacial score (nSPS) is 17.4. The summed E-state index contributed by atoms with van der Waals surface area (Å²) >= 11 is 0. The summed E-state index contributed by atoms with van der Waals surface area (Å²) in [7, 11) is -4.76. The van der Waals surface area contributed by atoms with Crippen molar-refractivity contribution in [2.24, 2.45) is 5.92 Å². The largest absolute Gasteiger partial charge is 0.395 e. The third-order valence-corrected chi connectivity index (χ3v) is 3.84. The molecular weight excluding hydrogens is 290 g/mol. The zero-order chi connectivity index (χ0) is 15.9. The molecule has 3 unspecified atom stereocenters. The molecule has 0 saturated heterocycles. The average Bonchev–Trinajstić information content (AvgIpc) is 2.33. The first-order valence-electron chi connectivity index (χ1n) is 6.41. The van der Waals surface area contributed by atoms with Crippen LogP contribution in [-0.2, 0) is 10.1 Å². The molecule has 0 saturated carbocycles. The van der Waals surface area contributed by atoms with Crippen LogP contribution in [0.1, 0.15) is 20.3 Å². The van der Waals surface area contributed by atoms with E-state index in [1.54, 1.807) is 0 Å². The Morgan fingerprint density at radius 1 is 1.15 bits per heavy atom. The SMILES string of the molecule is CC(C)CC(CO)N(CCO)CC(O)C(O)S(=O)(=O)O. The lowest BCUT2D eigenvalue weighted by atomic mass is 10.0. The van der Waals surface area contributed by atoms with Gasteiger partial charge in [0.15, 0.2) is 0 Å². The molecule has 0 radical (unpaired) electrons. The summed E-state index contributed by atoms with van der Waals surface area (Å²) in [6, 6.07) is -0.384. The van der Waals surface area contributed by atoms with Gasteiger partial charge in [-0.2, -0.15) is 8.42 Å². The van der Waals surface area contributed by atoms with E-state index in [2.05, 4.69) is 0 Å². The fraction of sp³-hybridized carbons (Fsp3) is 1.00. The highest BCUT2D eigenvalue weighted by Gasteiger charge is 2.31. The second kappa shape index (κ2) is 8.88. The van der Waals surface area contributed by atoms with Gasteiger partial charge < -0.3 is 20.4 Å². The smallest absolute Gasteiger partial charge is 0.294 e. The molecule has 0 fully saturated rings. The highest BCUT2D eigenvalue weighted by molar-refractivity contribution is 7.86. The van der Waals surface area contributed by atoms with E-state index in [-0.39, 0.29) is 38.3 Å². The summed E-state index contributed by atoms with van der Waals surface area (Å²) < 4.78 is 30.2. The van der Waals surface area contributed by atoms with Crippen LogP contribution in [0.25, 0.3) is 0 Å². The maximum atomic E-state index is 10.8. The lowest BCUT2D eigenvalue weighted by Crippen LogP contribution is -2.49. The number of hydrogen-bond acceptors (Lipinski definition) is 7. The highest BCUT2D eigenvalue weighted by Crippen LogP contribution is 2.13. The molecule has 0 spiro atoms. The highest BCUT2D eigenvalue weighted by atomic mass is 32.2. The molecule has 9 heteroatoms. The molecule has 122 valence electrons. The topological polar surface area (TPSA) is 139 Å². The summed E-state index contributed by atoms with van der Waals surface area (Å²) in [5, 5.41) is 37.2. The first-order chi connectivity index (χ1) is 9.13. The lowest BCUT2D eigenvalue weighted by molar-refractivity contribution is 0.00392. The molecule has 0 amide bonds. The quantitative estimate of drug-likeness (QED) is 0.299. The molecule has 8 nitrogen and oxygen atoms in total. The van der Waals surface area contributed by atoms with Crippen LogP contribution in [0.2, 0.25) is 0 Å². The number of aliphatic hydroxyl groups excluding tert-OH is 4. The number of hydrogen-bond donors (Lipinski definition) is 5. The van der Waals surface area contributed by atoms with Crippen LogP contribution in [0.15, 0.2) is 0 Å². The zero-order valence-electron chi connectivity index (χ0n) is 11.8. The first kappa shape index (κ1) is 19.7. The number of rotatable bonds is 10. The fourth-order valence-electron chi connectivity index (χ4n) is 1.96. The molecule has 0 aromatic carbocycles. The van der Waals surface area contributed by atoms with Gasteiger partial charge in [0.25, 0.3) is 10.1 Å². The predicted molar refractivity (Wildman–Crippen MR) is 72.5 cm³/mol. The van der Waals surface area contributed by atoms with Crippen molar-refractivity contribution < 1.29 is 33.4 Å². The molecule has 5 N–H and O–H groups in total. The Morgan fingerprint density at radius 3 is 2.05 bits per heavy atom.